The summed E-state index contributed by atoms with van der Waals surface area (Å²) < 4.78 is 0. The van der Waals surface area contributed by atoms with E-state index in [-0.39, 0.29) is 5.78 Å². The fraction of sp³-hybridized carbons (Fsp3) is 0.0870. The topological polar surface area (TPSA) is 41.8 Å². The van der Waals surface area contributed by atoms with Crippen LogP contribution in [0, 0.1) is 6.92 Å². The van der Waals surface area contributed by atoms with Crippen molar-refractivity contribution in [3.63, 3.8) is 0 Å². The first-order valence-corrected chi connectivity index (χ1v) is 8.49. The molecule has 0 aliphatic rings. The lowest BCUT2D eigenvalue weighted by atomic mass is 10.0. The lowest BCUT2D eigenvalue weighted by Crippen LogP contribution is -2.15. The zero-order chi connectivity index (χ0) is 18.4. The summed E-state index contributed by atoms with van der Waals surface area (Å²) in [5, 5.41) is 8.66. The molecule has 0 spiro atoms. The average molecular weight is 340 g/mol. The van der Waals surface area contributed by atoms with E-state index in [4.69, 9.17) is 0 Å². The minimum Gasteiger partial charge on any atom is -0.287 e. The van der Waals surface area contributed by atoms with Gasteiger partial charge < -0.3 is 0 Å². The zero-order valence-corrected chi connectivity index (χ0v) is 14.9. The Hall–Kier alpha value is -3.33. The number of nitrogens with zero attached hydrogens (tertiary/aromatic N) is 2. The number of rotatable bonds is 5. The molecule has 0 saturated heterocycles. The zero-order valence-electron chi connectivity index (χ0n) is 14.9. The number of Topliss-reactive ketones (excluding diaryl/α,β-unsaturated/α-hetero) is 1. The van der Waals surface area contributed by atoms with Crippen molar-refractivity contribution in [2.45, 2.75) is 13.8 Å². The largest absolute Gasteiger partial charge is 0.287 e. The highest BCUT2D eigenvalue weighted by molar-refractivity contribution is 6.51. The van der Waals surface area contributed by atoms with E-state index in [0.29, 0.717) is 11.3 Å². The van der Waals surface area contributed by atoms with Crippen LogP contribution in [0.25, 0.3) is 0 Å². The lowest BCUT2D eigenvalue weighted by Gasteiger charge is -2.05. The Morgan fingerprint density at radius 2 is 1.19 bits per heavy atom. The molecule has 3 aromatic carbocycles. The Morgan fingerprint density at radius 3 is 1.77 bits per heavy atom. The van der Waals surface area contributed by atoms with E-state index < -0.39 is 0 Å². The van der Waals surface area contributed by atoms with Crippen LogP contribution in [-0.4, -0.2) is 17.2 Å². The molecule has 3 aromatic rings. The molecule has 0 heterocycles. The second-order valence-corrected chi connectivity index (χ2v) is 6.06. The van der Waals surface area contributed by atoms with Gasteiger partial charge in [0.15, 0.2) is 0 Å². The number of benzene rings is 3. The quantitative estimate of drug-likeness (QED) is 0.362. The second-order valence-electron chi connectivity index (χ2n) is 6.06. The van der Waals surface area contributed by atoms with Crippen molar-refractivity contribution in [2.24, 2.45) is 10.2 Å². The van der Waals surface area contributed by atoms with Crippen LogP contribution in [0.2, 0.25) is 0 Å². The molecule has 0 atom stereocenters. The van der Waals surface area contributed by atoms with Crippen LogP contribution in [0.1, 0.15) is 34.0 Å². The summed E-state index contributed by atoms with van der Waals surface area (Å²) in [6.45, 7) is 3.93. The van der Waals surface area contributed by atoms with Crippen LogP contribution >= 0.6 is 0 Å². The molecular weight excluding hydrogens is 320 g/mol. The molecule has 0 aliphatic heterocycles. The van der Waals surface area contributed by atoms with E-state index in [1.54, 1.807) is 12.1 Å². The molecule has 26 heavy (non-hydrogen) atoms. The van der Waals surface area contributed by atoms with Gasteiger partial charge in [-0.2, -0.15) is 5.10 Å². The van der Waals surface area contributed by atoms with Crippen molar-refractivity contribution in [1.82, 2.24) is 0 Å². The maximum Gasteiger partial charge on any atom is 0.213 e. The molecule has 0 amide bonds. The molecule has 0 aliphatic carbocycles. The molecule has 0 aromatic heterocycles. The minimum absolute atomic E-state index is 0.141. The van der Waals surface area contributed by atoms with Gasteiger partial charge in [0.2, 0.25) is 5.78 Å². The Morgan fingerprint density at radius 1 is 0.654 bits per heavy atom. The van der Waals surface area contributed by atoms with Crippen molar-refractivity contribution >= 4 is 17.2 Å². The smallest absolute Gasteiger partial charge is 0.213 e. The summed E-state index contributed by atoms with van der Waals surface area (Å²) in [6, 6.07) is 26.7. The molecule has 128 valence electrons. The number of carbonyl (C=O) groups excluding carboxylic acids is 1. The first-order chi connectivity index (χ1) is 12.6. The highest BCUT2D eigenvalue weighted by Crippen LogP contribution is 2.11. The molecule has 0 fully saturated rings. The van der Waals surface area contributed by atoms with Gasteiger partial charge >= 0.3 is 0 Å². The molecule has 0 bridgehead atoms. The van der Waals surface area contributed by atoms with Gasteiger partial charge in [-0.25, -0.2) is 0 Å². The Bertz CT molecular complexity index is 941. The number of hydrogen-bond donors (Lipinski definition) is 0. The maximum atomic E-state index is 12.9. The van der Waals surface area contributed by atoms with E-state index in [2.05, 4.69) is 10.2 Å². The van der Waals surface area contributed by atoms with E-state index in [0.717, 1.165) is 16.8 Å². The lowest BCUT2D eigenvalue weighted by molar-refractivity contribution is 0.106. The molecule has 0 unspecified atom stereocenters. The van der Waals surface area contributed by atoms with E-state index in [1.165, 1.54) is 5.56 Å². The number of hydrogen-bond acceptors (Lipinski definition) is 3. The first kappa shape index (κ1) is 17.5. The summed E-state index contributed by atoms with van der Waals surface area (Å²) in [7, 11) is 0. The molecule has 3 heteroatoms. The third-order valence-electron chi connectivity index (χ3n) is 4.07. The van der Waals surface area contributed by atoms with Crippen LogP contribution in [0.15, 0.2) is 95.1 Å². The second kappa shape index (κ2) is 8.17. The summed E-state index contributed by atoms with van der Waals surface area (Å²) in [5.74, 6) is -0.141. The van der Waals surface area contributed by atoms with Gasteiger partial charge in [0, 0.05) is 11.1 Å². The van der Waals surface area contributed by atoms with Crippen LogP contribution in [0.3, 0.4) is 0 Å². The fourth-order valence-corrected chi connectivity index (χ4v) is 2.53. The van der Waals surface area contributed by atoms with Crippen LogP contribution in [-0.2, 0) is 0 Å². The minimum atomic E-state index is -0.141. The van der Waals surface area contributed by atoms with Crippen LogP contribution in [0.4, 0.5) is 0 Å². The number of ketones is 1. The Labute approximate surface area is 153 Å². The van der Waals surface area contributed by atoms with E-state index in [1.807, 2.05) is 86.6 Å². The van der Waals surface area contributed by atoms with Gasteiger partial charge in [-0.15, -0.1) is 5.10 Å². The summed E-state index contributed by atoms with van der Waals surface area (Å²) in [5.41, 5.74) is 4.62. The monoisotopic (exact) mass is 340 g/mol. The van der Waals surface area contributed by atoms with Crippen molar-refractivity contribution in [3.05, 3.63) is 107 Å². The van der Waals surface area contributed by atoms with Gasteiger partial charge in [-0.1, -0.05) is 90.5 Å². The molecule has 0 saturated carbocycles. The standard InChI is InChI=1S/C23H20N2O/c1-17-13-15-19(16-14-17)18(2)24-25-22(20-9-5-3-6-10-20)23(26)21-11-7-4-8-12-21/h3-16H,1-2H3. The van der Waals surface area contributed by atoms with E-state index >= 15 is 0 Å². The number of aryl methyl sites for hydroxylation is 1. The van der Waals surface area contributed by atoms with Crippen molar-refractivity contribution in [2.75, 3.05) is 0 Å². The van der Waals surface area contributed by atoms with Gasteiger partial charge in [-0.3, -0.25) is 4.79 Å². The van der Waals surface area contributed by atoms with Gasteiger partial charge in [-0.05, 0) is 19.4 Å². The molecule has 3 nitrogen and oxygen atoms in total. The third-order valence-corrected chi connectivity index (χ3v) is 4.07. The van der Waals surface area contributed by atoms with Gasteiger partial charge in [0.05, 0.1) is 5.71 Å². The van der Waals surface area contributed by atoms with Crippen LogP contribution < -0.4 is 0 Å². The normalized spacial score (nSPS) is 12.1. The summed E-state index contributed by atoms with van der Waals surface area (Å²) in [4.78, 5) is 12.9. The molecule has 0 radical (unpaired) electrons. The predicted octanol–water partition coefficient (Wildman–Crippen LogP) is 5.09. The SMILES string of the molecule is CC(=NN=C(C(=O)c1ccccc1)c1ccccc1)c1ccc(C)cc1. The Balaban J connectivity index is 2.00. The van der Waals surface area contributed by atoms with E-state index in [9.17, 15) is 4.79 Å². The van der Waals surface area contributed by atoms with Crippen molar-refractivity contribution < 1.29 is 4.79 Å². The predicted molar refractivity (Wildman–Crippen MR) is 107 cm³/mol. The highest BCUT2D eigenvalue weighted by Gasteiger charge is 2.16. The maximum absolute atomic E-state index is 12.9. The van der Waals surface area contributed by atoms with Crippen molar-refractivity contribution in [1.29, 1.82) is 0 Å². The molecule has 0 N–H and O–H groups in total. The Kier molecular flexibility index (Phi) is 5.49. The van der Waals surface area contributed by atoms with Crippen molar-refractivity contribution in [3.8, 4) is 0 Å². The third kappa shape index (κ3) is 4.19. The highest BCUT2D eigenvalue weighted by atomic mass is 16.1. The fourth-order valence-electron chi connectivity index (χ4n) is 2.53. The van der Waals surface area contributed by atoms with Gasteiger partial charge in [0.1, 0.15) is 5.71 Å². The molecule has 3 rings (SSSR count). The summed E-state index contributed by atoms with van der Waals surface area (Å²) in [6.07, 6.45) is 0. The first-order valence-electron chi connectivity index (χ1n) is 8.49. The average Bonchev–Trinajstić information content (AvgIpc) is 2.70. The molecular formula is C23H20N2O. The summed E-state index contributed by atoms with van der Waals surface area (Å²) >= 11 is 0. The van der Waals surface area contributed by atoms with Crippen LogP contribution in [0.5, 0.6) is 0 Å². The van der Waals surface area contributed by atoms with Gasteiger partial charge in [0.25, 0.3) is 0 Å². The number of carbonyl (C=O) groups is 1.